The SMILES string of the molecule is Cc1nc(-c2cc(-c3ccc(NC(=O)c4c(F)cccc4F)nc3)n(C)n2)no1. The third-order valence-electron chi connectivity index (χ3n) is 4.13. The van der Waals surface area contributed by atoms with Crippen LogP contribution in [0.1, 0.15) is 16.2 Å². The van der Waals surface area contributed by atoms with Crippen LogP contribution >= 0.6 is 0 Å². The largest absolute Gasteiger partial charge is 0.339 e. The molecule has 0 unspecified atom stereocenters. The molecule has 0 aliphatic carbocycles. The lowest BCUT2D eigenvalue weighted by Crippen LogP contribution is -2.16. The second-order valence-electron chi connectivity index (χ2n) is 6.16. The molecular weight excluding hydrogens is 382 g/mol. The highest BCUT2D eigenvalue weighted by atomic mass is 19.1. The topological polar surface area (TPSA) is 98.7 Å². The Morgan fingerprint density at radius 3 is 2.55 bits per heavy atom. The molecule has 0 aliphatic rings. The molecule has 0 saturated heterocycles. The molecule has 4 rings (SSSR count). The van der Waals surface area contributed by atoms with Crippen LogP contribution in [0.3, 0.4) is 0 Å². The number of carbonyl (C=O) groups excluding carboxylic acids is 1. The van der Waals surface area contributed by atoms with Crippen LogP contribution in [0, 0.1) is 18.6 Å². The highest BCUT2D eigenvalue weighted by molar-refractivity contribution is 6.04. The Bertz CT molecular complexity index is 1180. The van der Waals surface area contributed by atoms with Crippen LogP contribution in [-0.4, -0.2) is 30.8 Å². The number of hydrogen-bond donors (Lipinski definition) is 1. The maximum Gasteiger partial charge on any atom is 0.262 e. The molecule has 29 heavy (non-hydrogen) atoms. The van der Waals surface area contributed by atoms with Crippen LogP contribution in [0.15, 0.2) is 47.1 Å². The average molecular weight is 396 g/mol. The minimum Gasteiger partial charge on any atom is -0.339 e. The molecule has 0 spiro atoms. The van der Waals surface area contributed by atoms with Gasteiger partial charge in [-0.05, 0) is 30.3 Å². The fourth-order valence-corrected chi connectivity index (χ4v) is 2.76. The molecule has 3 heterocycles. The third kappa shape index (κ3) is 3.59. The summed E-state index contributed by atoms with van der Waals surface area (Å²) in [5, 5.41) is 10.6. The Hall–Kier alpha value is -3.95. The van der Waals surface area contributed by atoms with Gasteiger partial charge in [-0.15, -0.1) is 0 Å². The van der Waals surface area contributed by atoms with Crippen molar-refractivity contribution in [1.29, 1.82) is 0 Å². The van der Waals surface area contributed by atoms with Crippen LogP contribution in [0.25, 0.3) is 22.8 Å². The molecule has 1 aromatic carbocycles. The molecule has 0 aliphatic heterocycles. The van der Waals surface area contributed by atoms with E-state index in [1.165, 1.54) is 18.3 Å². The predicted molar refractivity (Wildman–Crippen MR) is 98.8 cm³/mol. The highest BCUT2D eigenvalue weighted by Gasteiger charge is 2.18. The van der Waals surface area contributed by atoms with Gasteiger partial charge in [0.15, 0.2) is 0 Å². The van der Waals surface area contributed by atoms with E-state index < -0.39 is 23.1 Å². The van der Waals surface area contributed by atoms with E-state index in [0.29, 0.717) is 23.0 Å². The first kappa shape index (κ1) is 18.4. The molecule has 0 atom stereocenters. The molecule has 3 aromatic heterocycles. The van der Waals surface area contributed by atoms with Gasteiger partial charge < -0.3 is 9.84 Å². The lowest BCUT2D eigenvalue weighted by Gasteiger charge is -2.07. The number of nitrogens with zero attached hydrogens (tertiary/aromatic N) is 5. The van der Waals surface area contributed by atoms with Crippen LogP contribution in [-0.2, 0) is 7.05 Å². The molecule has 1 amide bonds. The maximum absolute atomic E-state index is 13.7. The second-order valence-corrected chi connectivity index (χ2v) is 6.16. The maximum atomic E-state index is 13.7. The summed E-state index contributed by atoms with van der Waals surface area (Å²) < 4.78 is 34.1. The molecule has 0 bridgehead atoms. The monoisotopic (exact) mass is 396 g/mol. The van der Waals surface area contributed by atoms with E-state index in [1.807, 2.05) is 0 Å². The molecule has 146 valence electrons. The number of carbonyl (C=O) groups is 1. The van der Waals surface area contributed by atoms with Gasteiger partial charge in [-0.25, -0.2) is 13.8 Å². The normalized spacial score (nSPS) is 10.9. The van der Waals surface area contributed by atoms with Gasteiger partial charge in [0.05, 0.1) is 5.69 Å². The summed E-state index contributed by atoms with van der Waals surface area (Å²) in [6.45, 7) is 1.68. The van der Waals surface area contributed by atoms with Crippen molar-refractivity contribution in [2.45, 2.75) is 6.92 Å². The number of aryl methyl sites for hydroxylation is 2. The van der Waals surface area contributed by atoms with Crippen LogP contribution in [0.2, 0.25) is 0 Å². The second kappa shape index (κ2) is 7.23. The standard InChI is InChI=1S/C19H14F2N6O2/c1-10-23-18(26-29-10)14-8-15(27(2)25-14)11-6-7-16(22-9-11)24-19(28)17-12(20)4-3-5-13(17)21/h3-9H,1-2H3,(H,22,24,28). The van der Waals surface area contributed by atoms with Gasteiger partial charge in [0.25, 0.3) is 5.91 Å². The Morgan fingerprint density at radius 1 is 1.17 bits per heavy atom. The van der Waals surface area contributed by atoms with Gasteiger partial charge in [-0.3, -0.25) is 9.48 Å². The van der Waals surface area contributed by atoms with E-state index in [0.717, 1.165) is 17.8 Å². The van der Waals surface area contributed by atoms with Crippen molar-refractivity contribution in [2.24, 2.45) is 7.05 Å². The Labute approximate surface area is 163 Å². The van der Waals surface area contributed by atoms with E-state index in [1.54, 1.807) is 30.8 Å². The van der Waals surface area contributed by atoms with E-state index in [9.17, 15) is 13.6 Å². The average Bonchev–Trinajstić information content (AvgIpc) is 3.28. The summed E-state index contributed by atoms with van der Waals surface area (Å²) >= 11 is 0. The Kier molecular flexibility index (Phi) is 4.59. The zero-order valence-electron chi connectivity index (χ0n) is 15.3. The number of benzene rings is 1. The highest BCUT2D eigenvalue weighted by Crippen LogP contribution is 2.24. The van der Waals surface area contributed by atoms with Crippen molar-refractivity contribution in [3.8, 4) is 22.8 Å². The summed E-state index contributed by atoms with van der Waals surface area (Å²) in [6.07, 6.45) is 1.51. The molecule has 0 fully saturated rings. The van der Waals surface area contributed by atoms with Crippen LogP contribution < -0.4 is 5.32 Å². The Balaban J connectivity index is 1.56. The van der Waals surface area contributed by atoms with E-state index >= 15 is 0 Å². The first-order valence-corrected chi connectivity index (χ1v) is 8.49. The minimum absolute atomic E-state index is 0.151. The number of hydrogen-bond acceptors (Lipinski definition) is 6. The van der Waals surface area contributed by atoms with Crippen molar-refractivity contribution in [2.75, 3.05) is 5.32 Å². The molecule has 8 nitrogen and oxygen atoms in total. The quantitative estimate of drug-likeness (QED) is 0.568. The number of aromatic nitrogens is 5. The zero-order valence-corrected chi connectivity index (χ0v) is 15.3. The fourth-order valence-electron chi connectivity index (χ4n) is 2.76. The van der Waals surface area contributed by atoms with Crippen molar-refractivity contribution in [1.82, 2.24) is 24.9 Å². The van der Waals surface area contributed by atoms with E-state index in [-0.39, 0.29) is 5.82 Å². The molecule has 4 aromatic rings. The predicted octanol–water partition coefficient (Wildman–Crippen LogP) is 3.37. The van der Waals surface area contributed by atoms with E-state index in [4.69, 9.17) is 4.52 Å². The molecule has 1 N–H and O–H groups in total. The number of nitrogens with one attached hydrogen (secondary N) is 1. The Morgan fingerprint density at radius 2 is 1.93 bits per heavy atom. The first-order chi connectivity index (χ1) is 13.9. The number of rotatable bonds is 4. The summed E-state index contributed by atoms with van der Waals surface area (Å²) in [4.78, 5) is 20.4. The first-order valence-electron chi connectivity index (χ1n) is 8.49. The summed E-state index contributed by atoms with van der Waals surface area (Å²) in [7, 11) is 1.75. The lowest BCUT2D eigenvalue weighted by molar-refractivity contribution is 0.101. The lowest BCUT2D eigenvalue weighted by atomic mass is 10.1. The molecule has 0 saturated carbocycles. The van der Waals surface area contributed by atoms with Gasteiger partial charge >= 0.3 is 0 Å². The molecule has 0 radical (unpaired) electrons. The number of halogens is 2. The zero-order chi connectivity index (χ0) is 20.5. The smallest absolute Gasteiger partial charge is 0.262 e. The van der Waals surface area contributed by atoms with Gasteiger partial charge in [0, 0.05) is 25.7 Å². The van der Waals surface area contributed by atoms with Crippen molar-refractivity contribution < 1.29 is 18.1 Å². The number of amides is 1. The van der Waals surface area contributed by atoms with Gasteiger partial charge in [0.2, 0.25) is 11.7 Å². The minimum atomic E-state index is -0.946. The van der Waals surface area contributed by atoms with Crippen molar-refractivity contribution >= 4 is 11.7 Å². The summed E-state index contributed by atoms with van der Waals surface area (Å²) in [6, 6.07) is 8.21. The van der Waals surface area contributed by atoms with Crippen LogP contribution in [0.4, 0.5) is 14.6 Å². The van der Waals surface area contributed by atoms with Gasteiger partial charge in [0.1, 0.15) is 28.7 Å². The van der Waals surface area contributed by atoms with Crippen molar-refractivity contribution in [3.05, 3.63) is 65.7 Å². The van der Waals surface area contributed by atoms with Gasteiger partial charge in [-0.2, -0.15) is 10.1 Å². The summed E-state index contributed by atoms with van der Waals surface area (Å²) in [5.41, 5.74) is 1.31. The number of anilines is 1. The van der Waals surface area contributed by atoms with E-state index in [2.05, 4.69) is 25.5 Å². The van der Waals surface area contributed by atoms with Crippen LogP contribution in [0.5, 0.6) is 0 Å². The molecule has 10 heteroatoms. The fraction of sp³-hybridized carbons (Fsp3) is 0.105. The molecular formula is C19H14F2N6O2. The number of pyridine rings is 1. The summed E-state index contributed by atoms with van der Waals surface area (Å²) in [5.74, 6) is -1.86. The van der Waals surface area contributed by atoms with Crippen molar-refractivity contribution in [3.63, 3.8) is 0 Å². The van der Waals surface area contributed by atoms with Gasteiger partial charge in [-0.1, -0.05) is 11.2 Å². The third-order valence-corrected chi connectivity index (χ3v) is 4.13.